The summed E-state index contributed by atoms with van der Waals surface area (Å²) in [6.07, 6.45) is 1.46. The zero-order chi connectivity index (χ0) is 20.8. The number of hydrogen-bond acceptors (Lipinski definition) is 5. The van der Waals surface area contributed by atoms with Gasteiger partial charge in [-0.15, -0.1) is 0 Å². The molecule has 1 saturated heterocycles. The van der Waals surface area contributed by atoms with E-state index in [1.54, 1.807) is 17.9 Å². The van der Waals surface area contributed by atoms with E-state index >= 15 is 0 Å². The summed E-state index contributed by atoms with van der Waals surface area (Å²) in [5.41, 5.74) is 1.76. The molecule has 0 atom stereocenters. The number of nitrogens with one attached hydrogen (secondary N) is 1. The number of nitrogens with zero attached hydrogens (tertiary/aromatic N) is 3. The van der Waals surface area contributed by atoms with E-state index in [1.165, 1.54) is 6.20 Å². The number of esters is 1. The van der Waals surface area contributed by atoms with E-state index in [2.05, 4.69) is 16.9 Å². The average molecular weight is 415 g/mol. The van der Waals surface area contributed by atoms with E-state index in [1.807, 2.05) is 35.2 Å². The maximum absolute atomic E-state index is 12.5. The van der Waals surface area contributed by atoms with Crippen molar-refractivity contribution in [3.8, 4) is 0 Å². The number of pyridine rings is 1. The molecule has 152 valence electrons. The van der Waals surface area contributed by atoms with Gasteiger partial charge in [0.15, 0.2) is 0 Å². The zero-order valence-electron chi connectivity index (χ0n) is 16.2. The van der Waals surface area contributed by atoms with Gasteiger partial charge in [0.1, 0.15) is 5.82 Å². The molecule has 2 amide bonds. The lowest BCUT2D eigenvalue weighted by molar-refractivity contribution is 0.0526. The van der Waals surface area contributed by atoms with Crippen molar-refractivity contribution < 1.29 is 14.3 Å². The average Bonchev–Trinajstić information content (AvgIpc) is 2.74. The first-order valence-corrected chi connectivity index (χ1v) is 9.75. The molecule has 2 aromatic rings. The van der Waals surface area contributed by atoms with Crippen LogP contribution in [0.4, 0.5) is 10.6 Å². The van der Waals surface area contributed by atoms with Crippen LogP contribution in [0.25, 0.3) is 5.70 Å². The molecule has 1 aromatic carbocycles. The number of piperazine rings is 1. The molecule has 7 nitrogen and oxygen atoms in total. The first-order chi connectivity index (χ1) is 14.0. The van der Waals surface area contributed by atoms with Crippen LogP contribution >= 0.6 is 11.6 Å². The molecule has 0 unspecified atom stereocenters. The van der Waals surface area contributed by atoms with E-state index in [9.17, 15) is 9.59 Å². The SMILES string of the molecule is C=C(NC(=O)N1CCN(c2ncc(C(=O)OCC)cc2Cl)CC1)c1ccccc1. The van der Waals surface area contributed by atoms with Crippen LogP contribution in [0, 0.1) is 0 Å². The Balaban J connectivity index is 1.57. The maximum Gasteiger partial charge on any atom is 0.339 e. The summed E-state index contributed by atoms with van der Waals surface area (Å²) in [6.45, 7) is 8.17. The highest BCUT2D eigenvalue weighted by Gasteiger charge is 2.24. The molecule has 1 aliphatic rings. The summed E-state index contributed by atoms with van der Waals surface area (Å²) < 4.78 is 4.96. The van der Waals surface area contributed by atoms with E-state index < -0.39 is 5.97 Å². The van der Waals surface area contributed by atoms with Gasteiger partial charge >= 0.3 is 12.0 Å². The van der Waals surface area contributed by atoms with Gasteiger partial charge in [-0.1, -0.05) is 48.5 Å². The van der Waals surface area contributed by atoms with E-state index in [-0.39, 0.29) is 6.03 Å². The fourth-order valence-corrected chi connectivity index (χ4v) is 3.32. The maximum atomic E-state index is 12.5. The number of aromatic nitrogens is 1. The van der Waals surface area contributed by atoms with Crippen LogP contribution in [0.3, 0.4) is 0 Å². The predicted molar refractivity (Wildman–Crippen MR) is 113 cm³/mol. The summed E-state index contributed by atoms with van der Waals surface area (Å²) in [5.74, 6) is 0.141. The van der Waals surface area contributed by atoms with Gasteiger partial charge < -0.3 is 19.9 Å². The van der Waals surface area contributed by atoms with Gasteiger partial charge in [-0.05, 0) is 18.6 Å². The molecule has 2 heterocycles. The van der Waals surface area contributed by atoms with E-state index in [0.29, 0.717) is 54.9 Å². The van der Waals surface area contributed by atoms with Crippen LogP contribution in [0.1, 0.15) is 22.8 Å². The molecule has 1 fully saturated rings. The van der Waals surface area contributed by atoms with Crippen LogP contribution in [0.5, 0.6) is 0 Å². The van der Waals surface area contributed by atoms with Crippen molar-refractivity contribution in [1.82, 2.24) is 15.2 Å². The Kier molecular flexibility index (Phi) is 6.72. The Hall–Kier alpha value is -3.06. The van der Waals surface area contributed by atoms with Crippen molar-refractivity contribution in [2.75, 3.05) is 37.7 Å². The van der Waals surface area contributed by atoms with E-state index in [4.69, 9.17) is 16.3 Å². The lowest BCUT2D eigenvalue weighted by atomic mass is 10.2. The second-order valence-electron chi connectivity index (χ2n) is 6.50. The summed E-state index contributed by atoms with van der Waals surface area (Å²) in [7, 11) is 0. The Bertz CT molecular complexity index is 896. The second kappa shape index (κ2) is 9.43. The highest BCUT2D eigenvalue weighted by atomic mass is 35.5. The van der Waals surface area contributed by atoms with Crippen LogP contribution in [0.15, 0.2) is 49.2 Å². The molecule has 1 aromatic heterocycles. The van der Waals surface area contributed by atoms with Crippen molar-refractivity contribution in [2.24, 2.45) is 0 Å². The lowest BCUT2D eigenvalue weighted by Crippen LogP contribution is -2.51. The largest absolute Gasteiger partial charge is 0.462 e. The zero-order valence-corrected chi connectivity index (χ0v) is 17.0. The van der Waals surface area contributed by atoms with Gasteiger partial charge in [0.2, 0.25) is 0 Å². The first kappa shape index (κ1) is 20.7. The normalized spacial score (nSPS) is 13.7. The molecule has 0 radical (unpaired) electrons. The third-order valence-corrected chi connectivity index (χ3v) is 4.86. The number of rotatable bonds is 5. The molecule has 8 heteroatoms. The van der Waals surface area contributed by atoms with Gasteiger partial charge in [-0.2, -0.15) is 0 Å². The number of benzene rings is 1. The summed E-state index contributed by atoms with van der Waals surface area (Å²) in [4.78, 5) is 32.4. The van der Waals surface area contributed by atoms with Crippen LogP contribution in [-0.4, -0.2) is 54.7 Å². The topological polar surface area (TPSA) is 74.8 Å². The standard InChI is InChI=1S/C21H23ClN4O3/c1-3-29-20(27)17-13-18(22)19(23-14-17)25-9-11-26(12-10-25)21(28)24-15(2)16-7-5-4-6-8-16/h4-8,13-14H,2-3,9-12H2,1H3,(H,24,28). The van der Waals surface area contributed by atoms with Crippen molar-refractivity contribution in [3.05, 3.63) is 65.3 Å². The Morgan fingerprint density at radius 2 is 1.86 bits per heavy atom. The monoisotopic (exact) mass is 414 g/mol. The lowest BCUT2D eigenvalue weighted by Gasteiger charge is -2.35. The van der Waals surface area contributed by atoms with Gasteiger partial charge in [0.25, 0.3) is 0 Å². The number of carbonyl (C=O) groups is 2. The summed E-state index contributed by atoms with van der Waals surface area (Å²) in [5, 5.41) is 3.23. The highest BCUT2D eigenvalue weighted by Crippen LogP contribution is 2.25. The summed E-state index contributed by atoms with van der Waals surface area (Å²) >= 11 is 6.33. The smallest absolute Gasteiger partial charge is 0.339 e. The fraction of sp³-hybridized carbons (Fsp3) is 0.286. The number of carbonyl (C=O) groups excluding carboxylic acids is 2. The Morgan fingerprint density at radius 1 is 1.17 bits per heavy atom. The summed E-state index contributed by atoms with van der Waals surface area (Å²) in [6, 6.07) is 10.9. The van der Waals surface area contributed by atoms with Gasteiger partial charge in [-0.25, -0.2) is 14.6 Å². The minimum Gasteiger partial charge on any atom is -0.462 e. The first-order valence-electron chi connectivity index (χ1n) is 9.37. The van der Waals surface area contributed by atoms with Crippen molar-refractivity contribution >= 4 is 35.1 Å². The van der Waals surface area contributed by atoms with Gasteiger partial charge in [-0.3, -0.25) is 0 Å². The number of amides is 2. The third kappa shape index (κ3) is 5.06. The van der Waals surface area contributed by atoms with Gasteiger partial charge in [0, 0.05) is 38.1 Å². The van der Waals surface area contributed by atoms with Crippen LogP contribution in [-0.2, 0) is 4.74 Å². The highest BCUT2D eigenvalue weighted by molar-refractivity contribution is 6.33. The molecule has 1 aliphatic heterocycles. The predicted octanol–water partition coefficient (Wildman–Crippen LogP) is 3.41. The molecule has 0 saturated carbocycles. The molecular formula is C21H23ClN4O3. The molecular weight excluding hydrogens is 392 g/mol. The number of halogens is 1. The van der Waals surface area contributed by atoms with Crippen LogP contribution < -0.4 is 10.2 Å². The second-order valence-corrected chi connectivity index (χ2v) is 6.91. The van der Waals surface area contributed by atoms with Gasteiger partial charge in [0.05, 0.1) is 17.2 Å². The quantitative estimate of drug-likeness (QED) is 0.759. The number of urea groups is 1. The van der Waals surface area contributed by atoms with Crippen molar-refractivity contribution in [2.45, 2.75) is 6.92 Å². The molecule has 3 rings (SSSR count). The van der Waals surface area contributed by atoms with Crippen molar-refractivity contribution in [3.63, 3.8) is 0 Å². The number of anilines is 1. The third-order valence-electron chi connectivity index (χ3n) is 4.58. The minimum absolute atomic E-state index is 0.185. The molecule has 0 aliphatic carbocycles. The minimum atomic E-state index is -0.450. The molecule has 0 spiro atoms. The molecule has 1 N–H and O–H groups in total. The van der Waals surface area contributed by atoms with Crippen molar-refractivity contribution in [1.29, 1.82) is 0 Å². The Labute approximate surface area is 174 Å². The van der Waals surface area contributed by atoms with Crippen LogP contribution in [0.2, 0.25) is 5.02 Å². The number of ether oxygens (including phenoxy) is 1. The molecule has 0 bridgehead atoms. The number of hydrogen-bond donors (Lipinski definition) is 1. The fourth-order valence-electron chi connectivity index (χ4n) is 3.03. The molecule has 29 heavy (non-hydrogen) atoms. The Morgan fingerprint density at radius 3 is 2.48 bits per heavy atom. The van der Waals surface area contributed by atoms with E-state index in [0.717, 1.165) is 5.56 Å².